The lowest BCUT2D eigenvalue weighted by Gasteiger charge is -2.11. The van der Waals surface area contributed by atoms with Gasteiger partial charge in [-0.1, -0.05) is 31.0 Å². The van der Waals surface area contributed by atoms with Gasteiger partial charge in [0.25, 0.3) is 0 Å². The minimum atomic E-state index is 0.0539. The van der Waals surface area contributed by atoms with Gasteiger partial charge in [-0.2, -0.15) is 0 Å². The predicted octanol–water partition coefficient (Wildman–Crippen LogP) is 2.42. The summed E-state index contributed by atoms with van der Waals surface area (Å²) < 4.78 is 0. The van der Waals surface area contributed by atoms with Crippen LogP contribution in [0.15, 0.2) is 30.3 Å². The SMILES string of the molecule is Nc1cccc2ccc(CC(=O)NC3CCCC3)nc12. The fraction of sp³-hybridized carbons (Fsp3) is 0.375. The van der Waals surface area contributed by atoms with E-state index in [1.807, 2.05) is 30.3 Å². The highest BCUT2D eigenvalue weighted by atomic mass is 16.1. The van der Waals surface area contributed by atoms with Gasteiger partial charge in [-0.05, 0) is 25.0 Å². The van der Waals surface area contributed by atoms with Crippen LogP contribution in [0.2, 0.25) is 0 Å². The van der Waals surface area contributed by atoms with E-state index in [1.54, 1.807) is 0 Å². The molecule has 1 fully saturated rings. The number of aromatic nitrogens is 1. The molecule has 3 rings (SSSR count). The van der Waals surface area contributed by atoms with Crippen molar-refractivity contribution in [3.05, 3.63) is 36.0 Å². The van der Waals surface area contributed by atoms with Crippen molar-refractivity contribution in [1.82, 2.24) is 10.3 Å². The second-order valence-corrected chi connectivity index (χ2v) is 5.45. The van der Waals surface area contributed by atoms with Gasteiger partial charge < -0.3 is 11.1 Å². The summed E-state index contributed by atoms with van der Waals surface area (Å²) in [5.41, 5.74) is 8.12. The lowest BCUT2D eigenvalue weighted by Crippen LogP contribution is -2.33. The Morgan fingerprint density at radius 1 is 1.25 bits per heavy atom. The third-order valence-corrected chi connectivity index (χ3v) is 3.87. The molecule has 0 bridgehead atoms. The number of fused-ring (bicyclic) bond motifs is 1. The van der Waals surface area contributed by atoms with Crippen LogP contribution in [0.3, 0.4) is 0 Å². The number of nitrogen functional groups attached to an aromatic ring is 1. The van der Waals surface area contributed by atoms with Crippen LogP contribution in [0.4, 0.5) is 5.69 Å². The zero-order valence-electron chi connectivity index (χ0n) is 11.4. The molecule has 4 heteroatoms. The highest BCUT2D eigenvalue weighted by Gasteiger charge is 2.17. The maximum absolute atomic E-state index is 12.0. The van der Waals surface area contributed by atoms with E-state index in [0.717, 1.165) is 29.4 Å². The van der Waals surface area contributed by atoms with E-state index < -0.39 is 0 Å². The number of carbonyl (C=O) groups is 1. The maximum atomic E-state index is 12.0. The van der Waals surface area contributed by atoms with E-state index in [-0.39, 0.29) is 5.91 Å². The van der Waals surface area contributed by atoms with Crippen molar-refractivity contribution >= 4 is 22.5 Å². The molecule has 3 N–H and O–H groups in total. The van der Waals surface area contributed by atoms with Gasteiger partial charge in [0.05, 0.1) is 23.3 Å². The third-order valence-electron chi connectivity index (χ3n) is 3.87. The average Bonchev–Trinajstić information content (AvgIpc) is 2.92. The van der Waals surface area contributed by atoms with Crippen LogP contribution >= 0.6 is 0 Å². The summed E-state index contributed by atoms with van der Waals surface area (Å²) in [7, 11) is 0. The van der Waals surface area contributed by atoms with Gasteiger partial charge in [-0.25, -0.2) is 0 Å². The van der Waals surface area contributed by atoms with Crippen molar-refractivity contribution in [2.45, 2.75) is 38.1 Å². The normalized spacial score (nSPS) is 15.6. The quantitative estimate of drug-likeness (QED) is 0.841. The number of rotatable bonds is 3. The first-order valence-electron chi connectivity index (χ1n) is 7.16. The number of nitrogens with two attached hydrogens (primary N) is 1. The highest BCUT2D eigenvalue weighted by molar-refractivity contribution is 5.89. The number of hydrogen-bond acceptors (Lipinski definition) is 3. The summed E-state index contributed by atoms with van der Waals surface area (Å²) in [4.78, 5) is 16.5. The number of hydrogen-bond donors (Lipinski definition) is 2. The Kier molecular flexibility index (Phi) is 3.54. The molecule has 20 heavy (non-hydrogen) atoms. The lowest BCUT2D eigenvalue weighted by atomic mass is 10.1. The van der Waals surface area contributed by atoms with Gasteiger partial charge >= 0.3 is 0 Å². The second-order valence-electron chi connectivity index (χ2n) is 5.45. The maximum Gasteiger partial charge on any atom is 0.226 e. The summed E-state index contributed by atoms with van der Waals surface area (Å²) in [6.45, 7) is 0. The summed E-state index contributed by atoms with van der Waals surface area (Å²) in [5, 5.41) is 4.08. The van der Waals surface area contributed by atoms with Crippen LogP contribution < -0.4 is 11.1 Å². The van der Waals surface area contributed by atoms with Gasteiger partial charge in [0.1, 0.15) is 0 Å². The molecule has 0 atom stereocenters. The Morgan fingerprint density at radius 2 is 2.05 bits per heavy atom. The molecule has 1 heterocycles. The molecule has 1 saturated carbocycles. The molecular weight excluding hydrogens is 250 g/mol. The number of carbonyl (C=O) groups excluding carboxylic acids is 1. The molecule has 1 aliphatic carbocycles. The van der Waals surface area contributed by atoms with Crippen LogP contribution in [0.1, 0.15) is 31.4 Å². The summed E-state index contributed by atoms with van der Waals surface area (Å²) in [5.74, 6) is 0.0539. The van der Waals surface area contributed by atoms with Gasteiger partial charge in [0.2, 0.25) is 5.91 Å². The Balaban J connectivity index is 1.73. The van der Waals surface area contributed by atoms with Crippen LogP contribution in [-0.4, -0.2) is 16.9 Å². The monoisotopic (exact) mass is 269 g/mol. The third kappa shape index (κ3) is 2.74. The zero-order valence-corrected chi connectivity index (χ0v) is 11.4. The first-order chi connectivity index (χ1) is 9.72. The van der Waals surface area contributed by atoms with E-state index in [9.17, 15) is 4.79 Å². The standard InChI is InChI=1S/C16H19N3O/c17-14-7-3-4-11-8-9-13(19-16(11)14)10-15(20)18-12-5-1-2-6-12/h3-4,7-9,12H,1-2,5-6,10,17H2,(H,18,20). The number of pyridine rings is 1. The van der Waals surface area contributed by atoms with E-state index in [4.69, 9.17) is 5.73 Å². The van der Waals surface area contributed by atoms with E-state index in [1.165, 1.54) is 12.8 Å². The fourth-order valence-electron chi connectivity index (χ4n) is 2.82. The summed E-state index contributed by atoms with van der Waals surface area (Å²) in [6.07, 6.45) is 4.96. The van der Waals surface area contributed by atoms with Gasteiger partial charge in [-0.3, -0.25) is 9.78 Å². The predicted molar refractivity (Wildman–Crippen MR) is 80.3 cm³/mol. The smallest absolute Gasteiger partial charge is 0.226 e. The average molecular weight is 269 g/mol. The first kappa shape index (κ1) is 12.9. The molecule has 1 aliphatic rings. The molecule has 2 aromatic rings. The van der Waals surface area contributed by atoms with Gasteiger partial charge in [-0.15, -0.1) is 0 Å². The van der Waals surface area contributed by atoms with E-state index >= 15 is 0 Å². The number of amides is 1. The van der Waals surface area contributed by atoms with Crippen LogP contribution in [0.5, 0.6) is 0 Å². The molecular formula is C16H19N3O. The van der Waals surface area contributed by atoms with Gasteiger partial charge in [0.15, 0.2) is 0 Å². The molecule has 1 amide bonds. The highest BCUT2D eigenvalue weighted by Crippen LogP contribution is 2.20. The molecule has 0 radical (unpaired) electrons. The number of benzene rings is 1. The van der Waals surface area contributed by atoms with E-state index in [2.05, 4.69) is 10.3 Å². The number of nitrogens with zero attached hydrogens (tertiary/aromatic N) is 1. The van der Waals surface area contributed by atoms with Crippen LogP contribution in [0.25, 0.3) is 10.9 Å². The van der Waals surface area contributed by atoms with Gasteiger partial charge in [0, 0.05) is 11.4 Å². The van der Waals surface area contributed by atoms with Crippen molar-refractivity contribution in [3.8, 4) is 0 Å². The zero-order chi connectivity index (χ0) is 13.9. The topological polar surface area (TPSA) is 68.0 Å². The van der Waals surface area contributed by atoms with Crippen molar-refractivity contribution in [3.63, 3.8) is 0 Å². The van der Waals surface area contributed by atoms with Crippen molar-refractivity contribution < 1.29 is 4.79 Å². The molecule has 0 aliphatic heterocycles. The van der Waals surface area contributed by atoms with Crippen molar-refractivity contribution in [2.75, 3.05) is 5.73 Å². The molecule has 0 spiro atoms. The number of anilines is 1. The number of para-hydroxylation sites is 1. The molecule has 0 unspecified atom stereocenters. The second kappa shape index (κ2) is 5.49. The minimum absolute atomic E-state index is 0.0539. The van der Waals surface area contributed by atoms with E-state index in [0.29, 0.717) is 18.2 Å². The summed E-state index contributed by atoms with van der Waals surface area (Å²) >= 11 is 0. The fourth-order valence-corrected chi connectivity index (χ4v) is 2.82. The molecule has 1 aromatic carbocycles. The van der Waals surface area contributed by atoms with Crippen LogP contribution in [0, 0.1) is 0 Å². The van der Waals surface area contributed by atoms with Crippen molar-refractivity contribution in [2.24, 2.45) is 0 Å². The molecule has 4 nitrogen and oxygen atoms in total. The molecule has 0 saturated heterocycles. The molecule has 104 valence electrons. The van der Waals surface area contributed by atoms with Crippen molar-refractivity contribution in [1.29, 1.82) is 0 Å². The van der Waals surface area contributed by atoms with Crippen LogP contribution in [-0.2, 0) is 11.2 Å². The Bertz CT molecular complexity index is 633. The Hall–Kier alpha value is -2.10. The molecule has 1 aromatic heterocycles. The summed E-state index contributed by atoms with van der Waals surface area (Å²) in [6, 6.07) is 9.94. The number of nitrogens with one attached hydrogen (secondary N) is 1. The Labute approximate surface area is 118 Å². The Morgan fingerprint density at radius 3 is 2.85 bits per heavy atom. The lowest BCUT2D eigenvalue weighted by molar-refractivity contribution is -0.121. The minimum Gasteiger partial charge on any atom is -0.397 e. The largest absolute Gasteiger partial charge is 0.397 e. The first-order valence-corrected chi connectivity index (χ1v) is 7.16.